The number of para-hydroxylation sites is 1. The molecule has 0 bridgehead atoms. The van der Waals surface area contributed by atoms with Gasteiger partial charge < -0.3 is 14.5 Å². The number of H-pyrrole nitrogens is 1. The van der Waals surface area contributed by atoms with Crippen LogP contribution in [0.2, 0.25) is 0 Å². The van der Waals surface area contributed by atoms with E-state index in [0.717, 1.165) is 16.8 Å². The van der Waals surface area contributed by atoms with Crippen LogP contribution < -0.4 is 4.74 Å². The minimum absolute atomic E-state index is 0.0804. The molecule has 1 aliphatic rings. The molecule has 7 nitrogen and oxygen atoms in total. The zero-order chi connectivity index (χ0) is 22.0. The summed E-state index contributed by atoms with van der Waals surface area (Å²) in [5, 5.41) is 7.22. The average Bonchev–Trinajstić information content (AvgIpc) is 3.28. The number of carbonyl (C=O) groups is 2. The second-order valence-corrected chi connectivity index (χ2v) is 7.77. The molecular weight excluding hydrogens is 392 g/mol. The molecule has 0 aliphatic carbocycles. The highest BCUT2D eigenvalue weighted by Crippen LogP contribution is 2.24. The van der Waals surface area contributed by atoms with Crippen molar-refractivity contribution in [1.29, 1.82) is 0 Å². The zero-order valence-corrected chi connectivity index (χ0v) is 18.0. The quantitative estimate of drug-likeness (QED) is 0.705. The molecule has 2 aromatic carbocycles. The van der Waals surface area contributed by atoms with Gasteiger partial charge in [0.25, 0.3) is 11.8 Å². The normalized spacial score (nSPS) is 13.9. The molecule has 0 radical (unpaired) electrons. The number of hydrogen-bond donors (Lipinski definition) is 1. The summed E-state index contributed by atoms with van der Waals surface area (Å²) < 4.78 is 5.31. The van der Waals surface area contributed by atoms with Gasteiger partial charge in [-0.1, -0.05) is 35.9 Å². The SMILES string of the molecule is COc1ccccc1C(=O)N1CCN(C(=O)c2cc(-c3ccc(C)cc3C)n[nH]2)CC1. The number of carbonyl (C=O) groups excluding carboxylic acids is 2. The third kappa shape index (κ3) is 4.17. The van der Waals surface area contributed by atoms with Gasteiger partial charge in [-0.05, 0) is 37.6 Å². The summed E-state index contributed by atoms with van der Waals surface area (Å²) >= 11 is 0. The van der Waals surface area contributed by atoms with E-state index in [1.165, 1.54) is 5.56 Å². The highest BCUT2D eigenvalue weighted by molar-refractivity contribution is 5.97. The molecule has 1 N–H and O–H groups in total. The van der Waals surface area contributed by atoms with Gasteiger partial charge in [-0.2, -0.15) is 5.10 Å². The summed E-state index contributed by atoms with van der Waals surface area (Å²) in [5.41, 5.74) is 5.07. The molecule has 31 heavy (non-hydrogen) atoms. The molecule has 0 spiro atoms. The van der Waals surface area contributed by atoms with E-state index in [9.17, 15) is 9.59 Å². The smallest absolute Gasteiger partial charge is 0.272 e. The number of ether oxygens (including phenoxy) is 1. The Morgan fingerprint density at radius 3 is 2.29 bits per heavy atom. The average molecular weight is 418 g/mol. The van der Waals surface area contributed by atoms with Crippen molar-refractivity contribution in [2.45, 2.75) is 13.8 Å². The van der Waals surface area contributed by atoms with Crippen molar-refractivity contribution in [3.8, 4) is 17.0 Å². The third-order valence-electron chi connectivity index (χ3n) is 5.66. The number of amides is 2. The standard InChI is InChI=1S/C24H26N4O3/c1-16-8-9-18(17(2)14-16)20-15-21(26-25-20)24(30)28-12-10-27(11-13-28)23(29)19-6-4-5-7-22(19)31-3/h4-9,14-15H,10-13H2,1-3H3,(H,25,26). The van der Waals surface area contributed by atoms with E-state index in [1.807, 2.05) is 31.2 Å². The van der Waals surface area contributed by atoms with Crippen LogP contribution in [0.15, 0.2) is 48.5 Å². The number of aromatic amines is 1. The second-order valence-electron chi connectivity index (χ2n) is 7.77. The highest BCUT2D eigenvalue weighted by atomic mass is 16.5. The molecule has 1 fully saturated rings. The molecule has 3 aromatic rings. The van der Waals surface area contributed by atoms with E-state index in [2.05, 4.69) is 23.2 Å². The first kappa shape index (κ1) is 20.7. The van der Waals surface area contributed by atoms with Crippen molar-refractivity contribution in [1.82, 2.24) is 20.0 Å². The Labute approximate surface area is 181 Å². The van der Waals surface area contributed by atoms with Crippen LogP contribution in [-0.4, -0.2) is 65.1 Å². The Kier molecular flexibility index (Phi) is 5.75. The molecule has 7 heteroatoms. The van der Waals surface area contributed by atoms with Crippen LogP contribution in [0.5, 0.6) is 5.75 Å². The van der Waals surface area contributed by atoms with Gasteiger partial charge in [-0.15, -0.1) is 0 Å². The van der Waals surface area contributed by atoms with Crippen molar-refractivity contribution < 1.29 is 14.3 Å². The van der Waals surface area contributed by atoms with Crippen molar-refractivity contribution in [2.24, 2.45) is 0 Å². The topological polar surface area (TPSA) is 78.5 Å². The summed E-state index contributed by atoms with van der Waals surface area (Å²) in [6.45, 7) is 5.97. The fourth-order valence-electron chi connectivity index (χ4n) is 3.94. The number of aromatic nitrogens is 2. The molecule has 2 amide bonds. The molecule has 1 saturated heterocycles. The van der Waals surface area contributed by atoms with Crippen LogP contribution in [0, 0.1) is 13.8 Å². The van der Waals surface area contributed by atoms with Gasteiger partial charge >= 0.3 is 0 Å². The van der Waals surface area contributed by atoms with Crippen LogP contribution in [-0.2, 0) is 0 Å². The van der Waals surface area contributed by atoms with E-state index >= 15 is 0 Å². The predicted octanol–water partition coefficient (Wildman–Crippen LogP) is 3.30. The molecule has 1 aromatic heterocycles. The lowest BCUT2D eigenvalue weighted by molar-refractivity contribution is 0.0530. The molecule has 0 atom stereocenters. The molecule has 0 saturated carbocycles. The highest BCUT2D eigenvalue weighted by Gasteiger charge is 2.27. The maximum absolute atomic E-state index is 13.0. The van der Waals surface area contributed by atoms with Gasteiger partial charge in [-0.3, -0.25) is 14.7 Å². The summed E-state index contributed by atoms with van der Waals surface area (Å²) in [7, 11) is 1.56. The van der Waals surface area contributed by atoms with Gasteiger partial charge in [0.1, 0.15) is 11.4 Å². The molecule has 4 rings (SSSR count). The Morgan fingerprint density at radius 1 is 0.935 bits per heavy atom. The first-order valence-electron chi connectivity index (χ1n) is 10.3. The Balaban J connectivity index is 1.42. The van der Waals surface area contributed by atoms with E-state index in [-0.39, 0.29) is 11.8 Å². The summed E-state index contributed by atoms with van der Waals surface area (Å²) in [5.74, 6) is 0.374. The molecule has 2 heterocycles. The third-order valence-corrected chi connectivity index (χ3v) is 5.66. The van der Waals surface area contributed by atoms with Crippen molar-refractivity contribution >= 4 is 11.8 Å². The van der Waals surface area contributed by atoms with Gasteiger partial charge in [-0.25, -0.2) is 0 Å². The summed E-state index contributed by atoms with van der Waals surface area (Å²) in [6.07, 6.45) is 0. The maximum atomic E-state index is 13.0. The number of nitrogens with one attached hydrogen (secondary N) is 1. The first-order valence-corrected chi connectivity index (χ1v) is 10.3. The first-order chi connectivity index (χ1) is 15.0. The predicted molar refractivity (Wildman–Crippen MR) is 118 cm³/mol. The van der Waals surface area contributed by atoms with Gasteiger partial charge in [0.15, 0.2) is 0 Å². The minimum atomic E-state index is -0.104. The molecule has 160 valence electrons. The van der Waals surface area contributed by atoms with E-state index in [4.69, 9.17) is 4.74 Å². The largest absolute Gasteiger partial charge is 0.496 e. The zero-order valence-electron chi connectivity index (χ0n) is 18.0. The number of methoxy groups -OCH3 is 1. The van der Waals surface area contributed by atoms with Crippen LogP contribution >= 0.6 is 0 Å². The number of nitrogens with zero attached hydrogens (tertiary/aromatic N) is 3. The monoisotopic (exact) mass is 418 g/mol. The van der Waals surface area contributed by atoms with E-state index in [0.29, 0.717) is 43.2 Å². The van der Waals surface area contributed by atoms with Gasteiger partial charge in [0.2, 0.25) is 0 Å². The van der Waals surface area contributed by atoms with E-state index in [1.54, 1.807) is 35.1 Å². The Hall–Kier alpha value is -3.61. The number of hydrogen-bond acceptors (Lipinski definition) is 4. The fraction of sp³-hybridized carbons (Fsp3) is 0.292. The number of aryl methyl sites for hydroxylation is 2. The molecule has 0 unspecified atom stereocenters. The molecule has 1 aliphatic heterocycles. The maximum Gasteiger partial charge on any atom is 0.272 e. The molecular formula is C24H26N4O3. The van der Waals surface area contributed by atoms with Gasteiger partial charge in [0, 0.05) is 31.7 Å². The van der Waals surface area contributed by atoms with Gasteiger partial charge in [0.05, 0.1) is 18.4 Å². The van der Waals surface area contributed by atoms with Crippen LogP contribution in [0.1, 0.15) is 32.0 Å². The number of rotatable bonds is 4. The van der Waals surface area contributed by atoms with Crippen LogP contribution in [0.4, 0.5) is 0 Å². The summed E-state index contributed by atoms with van der Waals surface area (Å²) in [4.78, 5) is 29.3. The second kappa shape index (κ2) is 8.63. The lowest BCUT2D eigenvalue weighted by Gasteiger charge is -2.34. The van der Waals surface area contributed by atoms with Crippen molar-refractivity contribution in [3.63, 3.8) is 0 Å². The van der Waals surface area contributed by atoms with Crippen molar-refractivity contribution in [2.75, 3.05) is 33.3 Å². The summed E-state index contributed by atoms with van der Waals surface area (Å²) in [6, 6.07) is 15.2. The number of benzene rings is 2. The number of piperazine rings is 1. The van der Waals surface area contributed by atoms with Crippen LogP contribution in [0.25, 0.3) is 11.3 Å². The fourth-order valence-corrected chi connectivity index (χ4v) is 3.94. The van der Waals surface area contributed by atoms with E-state index < -0.39 is 0 Å². The van der Waals surface area contributed by atoms with Crippen LogP contribution in [0.3, 0.4) is 0 Å². The Bertz CT molecular complexity index is 1110. The Morgan fingerprint density at radius 2 is 1.61 bits per heavy atom. The lowest BCUT2D eigenvalue weighted by Crippen LogP contribution is -2.50. The minimum Gasteiger partial charge on any atom is -0.496 e. The van der Waals surface area contributed by atoms with Crippen molar-refractivity contribution in [3.05, 3.63) is 70.9 Å². The lowest BCUT2D eigenvalue weighted by atomic mass is 10.0.